The normalized spacial score (nSPS) is 11.4. The fourth-order valence-corrected chi connectivity index (χ4v) is 3.09. The van der Waals surface area contributed by atoms with Gasteiger partial charge in [0.05, 0.1) is 16.6 Å². The number of carbonyl (C=O) groups is 1. The van der Waals surface area contributed by atoms with Crippen LogP contribution < -0.4 is 5.32 Å². The van der Waals surface area contributed by atoms with Crippen molar-refractivity contribution in [3.63, 3.8) is 0 Å². The van der Waals surface area contributed by atoms with Crippen LogP contribution in [0.2, 0.25) is 0 Å². The van der Waals surface area contributed by atoms with E-state index in [0.717, 1.165) is 34.7 Å². The lowest BCUT2D eigenvalue weighted by molar-refractivity contribution is -0.137. The second-order valence-electron chi connectivity index (χ2n) is 5.54. The smallest absolute Gasteiger partial charge is 0.357 e. The van der Waals surface area contributed by atoms with Crippen LogP contribution in [0.25, 0.3) is 0 Å². The number of nitrogens with zero attached hydrogens (tertiary/aromatic N) is 2. The van der Waals surface area contributed by atoms with Gasteiger partial charge in [0.2, 0.25) is 5.78 Å². The molecule has 3 rings (SSSR count). The number of aryl methyl sites for hydroxylation is 1. The molecule has 4 nitrogen and oxygen atoms in total. The van der Waals surface area contributed by atoms with Crippen LogP contribution in [0, 0.1) is 6.92 Å². The van der Waals surface area contributed by atoms with Crippen molar-refractivity contribution in [3.05, 3.63) is 76.1 Å². The Hall–Kier alpha value is -2.74. The van der Waals surface area contributed by atoms with Crippen molar-refractivity contribution in [2.75, 3.05) is 5.32 Å². The van der Waals surface area contributed by atoms with Gasteiger partial charge in [0, 0.05) is 24.0 Å². The lowest BCUT2D eigenvalue weighted by Crippen LogP contribution is -2.07. The standard InChI is InChI=1S/C18H14F3N3OS/c1-11-13(5-3-7-22-11)9-23-17-24-10-15(26-17)16(25)12-4-2-6-14(8-12)18(19,20)21/h2-8,10H,9H2,1H3,(H,23,24). The highest BCUT2D eigenvalue weighted by Gasteiger charge is 2.31. The van der Waals surface area contributed by atoms with Gasteiger partial charge in [0.15, 0.2) is 5.13 Å². The topological polar surface area (TPSA) is 54.9 Å². The second kappa shape index (κ2) is 7.25. The molecule has 0 radical (unpaired) electrons. The molecule has 0 bridgehead atoms. The maximum Gasteiger partial charge on any atom is 0.416 e. The number of alkyl halides is 3. The summed E-state index contributed by atoms with van der Waals surface area (Å²) in [6, 6.07) is 8.14. The van der Waals surface area contributed by atoms with Crippen LogP contribution >= 0.6 is 11.3 Å². The van der Waals surface area contributed by atoms with E-state index in [1.807, 2.05) is 19.1 Å². The maximum atomic E-state index is 12.8. The third-order valence-electron chi connectivity index (χ3n) is 3.73. The number of carbonyl (C=O) groups excluding carboxylic acids is 1. The minimum atomic E-state index is -4.49. The van der Waals surface area contributed by atoms with Crippen molar-refractivity contribution in [1.82, 2.24) is 9.97 Å². The number of aromatic nitrogens is 2. The van der Waals surface area contributed by atoms with Crippen LogP contribution in [0.5, 0.6) is 0 Å². The molecule has 2 aromatic heterocycles. The molecule has 8 heteroatoms. The van der Waals surface area contributed by atoms with Gasteiger partial charge in [-0.15, -0.1) is 0 Å². The Balaban J connectivity index is 1.73. The first-order chi connectivity index (χ1) is 12.3. The van der Waals surface area contributed by atoms with Crippen LogP contribution in [0.1, 0.15) is 32.1 Å². The monoisotopic (exact) mass is 377 g/mol. The number of benzene rings is 1. The van der Waals surface area contributed by atoms with Crippen molar-refractivity contribution in [2.24, 2.45) is 0 Å². The van der Waals surface area contributed by atoms with Crippen molar-refractivity contribution >= 4 is 22.3 Å². The number of nitrogens with one attached hydrogen (secondary N) is 1. The van der Waals surface area contributed by atoms with Crippen molar-refractivity contribution in [1.29, 1.82) is 0 Å². The molecule has 0 amide bonds. The van der Waals surface area contributed by atoms with Gasteiger partial charge in [-0.05, 0) is 30.7 Å². The molecule has 1 N–H and O–H groups in total. The SMILES string of the molecule is Cc1ncccc1CNc1ncc(C(=O)c2cccc(C(F)(F)F)c2)s1. The molecule has 0 saturated carbocycles. The Morgan fingerprint density at radius 3 is 2.73 bits per heavy atom. The third-order valence-corrected chi connectivity index (χ3v) is 4.68. The maximum absolute atomic E-state index is 12.8. The van der Waals surface area contributed by atoms with E-state index in [1.165, 1.54) is 18.3 Å². The van der Waals surface area contributed by atoms with E-state index in [1.54, 1.807) is 6.20 Å². The molecule has 0 fully saturated rings. The molecule has 0 spiro atoms. The van der Waals surface area contributed by atoms with Crippen LogP contribution in [0.15, 0.2) is 48.8 Å². The van der Waals surface area contributed by atoms with E-state index in [0.29, 0.717) is 11.7 Å². The molecular formula is C18H14F3N3OS. The quantitative estimate of drug-likeness (QED) is 0.655. The van der Waals surface area contributed by atoms with Gasteiger partial charge in [-0.1, -0.05) is 29.5 Å². The summed E-state index contributed by atoms with van der Waals surface area (Å²) in [5.74, 6) is -0.487. The molecule has 0 unspecified atom stereocenters. The molecule has 3 aromatic rings. The van der Waals surface area contributed by atoms with Gasteiger partial charge in [0.1, 0.15) is 0 Å². The van der Waals surface area contributed by atoms with Gasteiger partial charge in [-0.2, -0.15) is 13.2 Å². The number of pyridine rings is 1. The zero-order valence-corrected chi connectivity index (χ0v) is 14.5. The van der Waals surface area contributed by atoms with E-state index < -0.39 is 17.5 Å². The largest absolute Gasteiger partial charge is 0.416 e. The summed E-state index contributed by atoms with van der Waals surface area (Å²) >= 11 is 1.10. The average Bonchev–Trinajstić information content (AvgIpc) is 3.09. The summed E-state index contributed by atoms with van der Waals surface area (Å²) in [7, 11) is 0. The van der Waals surface area contributed by atoms with E-state index >= 15 is 0 Å². The van der Waals surface area contributed by atoms with Crippen LogP contribution in [-0.4, -0.2) is 15.8 Å². The lowest BCUT2D eigenvalue weighted by atomic mass is 10.1. The number of hydrogen-bond acceptors (Lipinski definition) is 5. The minimum absolute atomic E-state index is 0.0156. The summed E-state index contributed by atoms with van der Waals surface area (Å²) in [6.07, 6.45) is -1.42. The third kappa shape index (κ3) is 4.08. The highest BCUT2D eigenvalue weighted by Crippen LogP contribution is 2.30. The molecule has 1 aromatic carbocycles. The molecule has 2 heterocycles. The van der Waals surface area contributed by atoms with E-state index in [-0.39, 0.29) is 10.4 Å². The summed E-state index contributed by atoms with van der Waals surface area (Å²) in [6.45, 7) is 2.38. The fraction of sp³-hybridized carbons (Fsp3) is 0.167. The van der Waals surface area contributed by atoms with Gasteiger partial charge < -0.3 is 5.32 Å². The van der Waals surface area contributed by atoms with Crippen molar-refractivity contribution < 1.29 is 18.0 Å². The summed E-state index contributed by atoms with van der Waals surface area (Å²) in [5.41, 5.74) is 1.02. The van der Waals surface area contributed by atoms with E-state index in [9.17, 15) is 18.0 Å². The number of hydrogen-bond donors (Lipinski definition) is 1. The number of rotatable bonds is 5. The highest BCUT2D eigenvalue weighted by molar-refractivity contribution is 7.17. The van der Waals surface area contributed by atoms with E-state index in [2.05, 4.69) is 15.3 Å². The first-order valence-electron chi connectivity index (χ1n) is 7.67. The van der Waals surface area contributed by atoms with Crippen molar-refractivity contribution in [2.45, 2.75) is 19.6 Å². The minimum Gasteiger partial charge on any atom is -0.357 e. The summed E-state index contributed by atoms with van der Waals surface area (Å²) in [5, 5.41) is 3.62. The number of halogens is 3. The van der Waals surface area contributed by atoms with Crippen LogP contribution in [0.4, 0.5) is 18.3 Å². The predicted octanol–water partition coefficient (Wildman–Crippen LogP) is 4.71. The van der Waals surface area contributed by atoms with Gasteiger partial charge in [-0.3, -0.25) is 9.78 Å². The number of ketones is 1. The fourth-order valence-electron chi connectivity index (χ4n) is 2.32. The number of thiazole rings is 1. The molecule has 26 heavy (non-hydrogen) atoms. The molecule has 0 atom stereocenters. The Morgan fingerprint density at radius 1 is 1.19 bits per heavy atom. The first-order valence-corrected chi connectivity index (χ1v) is 8.48. The van der Waals surface area contributed by atoms with Gasteiger partial charge in [0.25, 0.3) is 0 Å². The molecule has 0 saturated heterocycles. The summed E-state index contributed by atoms with van der Waals surface area (Å²) < 4.78 is 38.4. The first kappa shape index (κ1) is 18.1. The zero-order valence-electron chi connectivity index (χ0n) is 13.7. The molecule has 0 aliphatic heterocycles. The highest BCUT2D eigenvalue weighted by atomic mass is 32.1. The molecule has 0 aliphatic rings. The average molecular weight is 377 g/mol. The van der Waals surface area contributed by atoms with Gasteiger partial charge in [-0.25, -0.2) is 4.98 Å². The lowest BCUT2D eigenvalue weighted by Gasteiger charge is -2.07. The summed E-state index contributed by atoms with van der Waals surface area (Å²) in [4.78, 5) is 21.0. The molecule has 0 aliphatic carbocycles. The second-order valence-corrected chi connectivity index (χ2v) is 6.57. The van der Waals surface area contributed by atoms with E-state index in [4.69, 9.17) is 0 Å². The predicted molar refractivity (Wildman–Crippen MR) is 93.3 cm³/mol. The Kier molecular flexibility index (Phi) is 5.03. The Morgan fingerprint density at radius 2 is 2.00 bits per heavy atom. The Labute approximate surface area is 151 Å². The van der Waals surface area contributed by atoms with Gasteiger partial charge >= 0.3 is 6.18 Å². The van der Waals surface area contributed by atoms with Crippen LogP contribution in [-0.2, 0) is 12.7 Å². The van der Waals surface area contributed by atoms with Crippen molar-refractivity contribution in [3.8, 4) is 0 Å². The zero-order chi connectivity index (χ0) is 18.7. The Bertz CT molecular complexity index is 937. The molecule has 134 valence electrons. The molecular weight excluding hydrogens is 363 g/mol. The number of anilines is 1. The van der Waals surface area contributed by atoms with Crippen LogP contribution in [0.3, 0.4) is 0 Å².